The maximum absolute atomic E-state index is 9.65. The predicted molar refractivity (Wildman–Crippen MR) is 71.7 cm³/mol. The Balaban J connectivity index is 2.31. The Kier molecular flexibility index (Phi) is 3.59. The van der Waals surface area contributed by atoms with Crippen molar-refractivity contribution in [1.29, 1.82) is 0 Å². The normalized spacial score (nSPS) is 10.2. The molecule has 0 aliphatic carbocycles. The van der Waals surface area contributed by atoms with Crippen molar-refractivity contribution in [3.63, 3.8) is 0 Å². The fraction of sp³-hybridized carbons (Fsp3) is 0. The van der Waals surface area contributed by atoms with Crippen LogP contribution in [0.3, 0.4) is 0 Å². The minimum absolute atomic E-state index is 0.00157. The van der Waals surface area contributed by atoms with Crippen LogP contribution in [0.15, 0.2) is 45.3 Å². The van der Waals surface area contributed by atoms with Crippen molar-refractivity contribution in [1.82, 2.24) is 0 Å². The number of halogens is 2. The summed E-state index contributed by atoms with van der Waals surface area (Å²) in [4.78, 5) is 0. The molecule has 0 bridgehead atoms. The van der Waals surface area contributed by atoms with E-state index in [-0.39, 0.29) is 23.0 Å². The zero-order valence-electron chi connectivity index (χ0n) is 8.52. The van der Waals surface area contributed by atoms with Gasteiger partial charge in [0.05, 0.1) is 0 Å². The molecule has 88 valence electrons. The zero-order chi connectivity index (χ0) is 12.4. The van der Waals surface area contributed by atoms with Gasteiger partial charge in [-0.2, -0.15) is 0 Å². The van der Waals surface area contributed by atoms with Gasteiger partial charge in [0.2, 0.25) is 0 Å². The second-order valence-electron chi connectivity index (χ2n) is 3.33. The van der Waals surface area contributed by atoms with Gasteiger partial charge in [-0.05, 0) is 36.4 Å². The first-order valence-corrected chi connectivity index (χ1v) is 6.30. The fourth-order valence-corrected chi connectivity index (χ4v) is 1.97. The smallest absolute Gasteiger partial charge is 0.169 e. The third-order valence-corrected chi connectivity index (χ3v) is 3.05. The van der Waals surface area contributed by atoms with E-state index in [1.165, 1.54) is 12.1 Å². The SMILES string of the molecule is Oc1cc(Br)ccc1Oc1ccc(Br)cc1O. The maximum Gasteiger partial charge on any atom is 0.169 e. The molecule has 0 unspecified atom stereocenters. The Morgan fingerprint density at radius 2 is 1.18 bits per heavy atom. The molecule has 0 radical (unpaired) electrons. The average molecular weight is 360 g/mol. The first-order valence-electron chi connectivity index (χ1n) is 4.71. The molecule has 0 fully saturated rings. The van der Waals surface area contributed by atoms with Crippen LogP contribution >= 0.6 is 31.9 Å². The molecule has 0 saturated carbocycles. The van der Waals surface area contributed by atoms with Crippen molar-refractivity contribution in [3.8, 4) is 23.0 Å². The summed E-state index contributed by atoms with van der Waals surface area (Å²) in [5.41, 5.74) is 0. The van der Waals surface area contributed by atoms with Crippen LogP contribution in [-0.2, 0) is 0 Å². The van der Waals surface area contributed by atoms with Crippen LogP contribution in [0, 0.1) is 0 Å². The number of hydrogen-bond donors (Lipinski definition) is 2. The molecule has 0 aliphatic heterocycles. The quantitative estimate of drug-likeness (QED) is 0.834. The van der Waals surface area contributed by atoms with Crippen molar-refractivity contribution >= 4 is 31.9 Å². The third-order valence-electron chi connectivity index (χ3n) is 2.06. The van der Waals surface area contributed by atoms with Crippen molar-refractivity contribution in [2.75, 3.05) is 0 Å². The molecule has 3 nitrogen and oxygen atoms in total. The Labute approximate surface area is 115 Å². The molecule has 2 rings (SSSR count). The molecule has 17 heavy (non-hydrogen) atoms. The van der Waals surface area contributed by atoms with E-state index in [2.05, 4.69) is 31.9 Å². The molecule has 5 heteroatoms. The minimum atomic E-state index is 0.00157. The topological polar surface area (TPSA) is 49.7 Å². The van der Waals surface area contributed by atoms with E-state index >= 15 is 0 Å². The Bertz CT molecular complexity index is 506. The van der Waals surface area contributed by atoms with Crippen LogP contribution in [0.2, 0.25) is 0 Å². The van der Waals surface area contributed by atoms with Crippen LogP contribution in [-0.4, -0.2) is 10.2 Å². The van der Waals surface area contributed by atoms with Crippen molar-refractivity contribution < 1.29 is 14.9 Å². The van der Waals surface area contributed by atoms with Gasteiger partial charge in [0.25, 0.3) is 0 Å². The van der Waals surface area contributed by atoms with Crippen molar-refractivity contribution in [2.24, 2.45) is 0 Å². The molecule has 0 spiro atoms. The van der Waals surface area contributed by atoms with Gasteiger partial charge < -0.3 is 14.9 Å². The van der Waals surface area contributed by atoms with Crippen LogP contribution in [0.4, 0.5) is 0 Å². The first kappa shape index (κ1) is 12.3. The van der Waals surface area contributed by atoms with E-state index in [4.69, 9.17) is 4.74 Å². The van der Waals surface area contributed by atoms with Gasteiger partial charge in [0, 0.05) is 8.95 Å². The second-order valence-corrected chi connectivity index (χ2v) is 5.16. The van der Waals surface area contributed by atoms with E-state index in [0.717, 1.165) is 8.95 Å². The lowest BCUT2D eigenvalue weighted by atomic mass is 10.3. The third kappa shape index (κ3) is 2.92. The largest absolute Gasteiger partial charge is 0.504 e. The Morgan fingerprint density at radius 3 is 1.53 bits per heavy atom. The standard InChI is InChI=1S/C12H8Br2O3/c13-7-1-3-11(9(15)5-7)17-12-4-2-8(14)6-10(12)16/h1-6,15-16H. The molecule has 2 aromatic rings. The Morgan fingerprint density at radius 1 is 0.765 bits per heavy atom. The number of aromatic hydroxyl groups is 2. The first-order chi connectivity index (χ1) is 8.06. The molecule has 0 saturated heterocycles. The summed E-state index contributed by atoms with van der Waals surface area (Å²) >= 11 is 6.47. The number of ether oxygens (including phenoxy) is 1. The average Bonchev–Trinajstić information content (AvgIpc) is 2.25. The molecular formula is C12H8Br2O3. The molecule has 0 aromatic heterocycles. The van der Waals surface area contributed by atoms with E-state index in [9.17, 15) is 10.2 Å². The maximum atomic E-state index is 9.65. The summed E-state index contributed by atoms with van der Waals surface area (Å²) in [7, 11) is 0. The van der Waals surface area contributed by atoms with Gasteiger partial charge in [0.15, 0.2) is 23.0 Å². The highest BCUT2D eigenvalue weighted by Crippen LogP contribution is 2.37. The second kappa shape index (κ2) is 4.98. The fourth-order valence-electron chi connectivity index (χ4n) is 1.27. The van der Waals surface area contributed by atoms with E-state index in [1.54, 1.807) is 24.3 Å². The van der Waals surface area contributed by atoms with Crippen molar-refractivity contribution in [3.05, 3.63) is 45.3 Å². The van der Waals surface area contributed by atoms with Gasteiger partial charge in [-0.3, -0.25) is 0 Å². The number of phenolic OH excluding ortho intramolecular Hbond substituents is 2. The highest BCUT2D eigenvalue weighted by Gasteiger charge is 2.08. The summed E-state index contributed by atoms with van der Waals surface area (Å²) in [6.45, 7) is 0. The Hall–Kier alpha value is -1.20. The van der Waals surface area contributed by atoms with Crippen LogP contribution in [0.25, 0.3) is 0 Å². The summed E-state index contributed by atoms with van der Waals surface area (Å²) in [6, 6.07) is 9.74. The monoisotopic (exact) mass is 358 g/mol. The van der Waals surface area contributed by atoms with Crippen LogP contribution < -0.4 is 4.74 Å². The van der Waals surface area contributed by atoms with Crippen LogP contribution in [0.1, 0.15) is 0 Å². The summed E-state index contributed by atoms with van der Waals surface area (Å²) in [5.74, 6) is 0.569. The number of phenols is 2. The van der Waals surface area contributed by atoms with E-state index < -0.39 is 0 Å². The van der Waals surface area contributed by atoms with Gasteiger partial charge in [-0.15, -0.1) is 0 Å². The molecule has 0 amide bonds. The molecular weight excluding hydrogens is 352 g/mol. The summed E-state index contributed by atoms with van der Waals surface area (Å²) < 4.78 is 6.91. The van der Waals surface area contributed by atoms with E-state index in [0.29, 0.717) is 0 Å². The lowest BCUT2D eigenvalue weighted by Crippen LogP contribution is -1.85. The van der Waals surface area contributed by atoms with Gasteiger partial charge in [0.1, 0.15) is 0 Å². The highest BCUT2D eigenvalue weighted by atomic mass is 79.9. The lowest BCUT2D eigenvalue weighted by Gasteiger charge is -2.09. The highest BCUT2D eigenvalue weighted by molar-refractivity contribution is 9.10. The summed E-state index contributed by atoms with van der Waals surface area (Å²) in [5, 5.41) is 19.3. The van der Waals surface area contributed by atoms with Gasteiger partial charge in [-0.25, -0.2) is 0 Å². The molecule has 2 N–H and O–H groups in total. The number of benzene rings is 2. The van der Waals surface area contributed by atoms with Gasteiger partial charge >= 0.3 is 0 Å². The minimum Gasteiger partial charge on any atom is -0.504 e. The van der Waals surface area contributed by atoms with E-state index in [1.807, 2.05) is 0 Å². The molecule has 2 aromatic carbocycles. The lowest BCUT2D eigenvalue weighted by molar-refractivity contribution is 0.385. The number of hydrogen-bond acceptors (Lipinski definition) is 3. The molecule has 0 atom stereocenters. The zero-order valence-corrected chi connectivity index (χ0v) is 11.7. The number of rotatable bonds is 2. The van der Waals surface area contributed by atoms with Gasteiger partial charge in [-0.1, -0.05) is 31.9 Å². The van der Waals surface area contributed by atoms with Crippen molar-refractivity contribution in [2.45, 2.75) is 0 Å². The summed E-state index contributed by atoms with van der Waals surface area (Å²) in [6.07, 6.45) is 0. The molecule has 0 heterocycles. The predicted octanol–water partition coefficient (Wildman–Crippen LogP) is 4.42. The molecule has 0 aliphatic rings. The van der Waals surface area contributed by atoms with Crippen LogP contribution in [0.5, 0.6) is 23.0 Å².